The first-order chi connectivity index (χ1) is 11.1. The van der Waals surface area contributed by atoms with E-state index in [1.165, 1.54) is 19.3 Å². The van der Waals surface area contributed by atoms with Crippen LogP contribution in [0.4, 0.5) is 11.5 Å². The van der Waals surface area contributed by atoms with Gasteiger partial charge in [0.05, 0.1) is 24.6 Å². The summed E-state index contributed by atoms with van der Waals surface area (Å²) in [6.07, 6.45) is 3.93. The van der Waals surface area contributed by atoms with Crippen molar-refractivity contribution in [1.82, 2.24) is 4.98 Å². The van der Waals surface area contributed by atoms with Gasteiger partial charge >= 0.3 is 5.97 Å². The first kappa shape index (κ1) is 17.2. The summed E-state index contributed by atoms with van der Waals surface area (Å²) in [5, 5.41) is 5.81. The molecule has 0 saturated carbocycles. The van der Waals surface area contributed by atoms with Crippen LogP contribution in [0.5, 0.6) is 0 Å². The van der Waals surface area contributed by atoms with Gasteiger partial charge in [0.25, 0.3) is 0 Å². The number of anilines is 2. The molecule has 8 heteroatoms. The van der Waals surface area contributed by atoms with Gasteiger partial charge in [-0.2, -0.15) is 0 Å². The minimum atomic E-state index is -0.469. The summed E-state index contributed by atoms with van der Waals surface area (Å²) in [5.41, 5.74) is 1.07. The van der Waals surface area contributed by atoms with Crippen molar-refractivity contribution in [2.75, 3.05) is 36.8 Å². The Hall–Kier alpha value is -2.12. The highest BCUT2D eigenvalue weighted by atomic mass is 35.5. The van der Waals surface area contributed by atoms with Crippen molar-refractivity contribution in [2.45, 2.75) is 12.5 Å². The molecule has 1 atom stereocenters. The predicted molar refractivity (Wildman–Crippen MR) is 87.5 cm³/mol. The molecule has 0 aromatic carbocycles. The zero-order valence-corrected chi connectivity index (χ0v) is 13.4. The summed E-state index contributed by atoms with van der Waals surface area (Å²) in [5.74, 6) is -0.446. The fourth-order valence-electron chi connectivity index (χ4n) is 1.86. The molecule has 0 radical (unpaired) electrons. The number of nitrogens with one attached hydrogen (secondary N) is 2. The van der Waals surface area contributed by atoms with Gasteiger partial charge in [-0.1, -0.05) is 0 Å². The normalized spacial score (nSPS) is 16.7. The number of amides is 1. The quantitative estimate of drug-likeness (QED) is 0.446. The van der Waals surface area contributed by atoms with Crippen molar-refractivity contribution < 1.29 is 19.1 Å². The van der Waals surface area contributed by atoms with E-state index < -0.39 is 5.97 Å². The maximum absolute atomic E-state index is 11.5. The topological polar surface area (TPSA) is 89.5 Å². The number of pyridine rings is 1. The number of ether oxygens (including phenoxy) is 2. The third kappa shape index (κ3) is 5.22. The Morgan fingerprint density at radius 2 is 2.30 bits per heavy atom. The number of nitrogens with zero attached hydrogens (tertiary/aromatic N) is 1. The maximum Gasteiger partial charge on any atom is 0.330 e. The molecule has 2 rings (SSSR count). The van der Waals surface area contributed by atoms with Gasteiger partial charge in [-0.15, -0.1) is 11.6 Å². The van der Waals surface area contributed by atoms with Crippen molar-refractivity contribution in [3.63, 3.8) is 0 Å². The fraction of sp³-hybridized carbons (Fsp3) is 0.400. The van der Waals surface area contributed by atoms with Gasteiger partial charge in [-0.25, -0.2) is 9.78 Å². The number of hydrogen-bond acceptors (Lipinski definition) is 6. The number of esters is 1. The maximum atomic E-state index is 11.5. The SMILES string of the molecule is COC(=O)/C=C/c1ccc(NC(=O)CCl)c(NC[C@@H]2CCO2)n1. The van der Waals surface area contributed by atoms with Gasteiger partial charge in [0.15, 0.2) is 5.82 Å². The average Bonchev–Trinajstić information content (AvgIpc) is 2.52. The second kappa shape index (κ2) is 8.50. The smallest absolute Gasteiger partial charge is 0.330 e. The standard InChI is InChI=1S/C15H18ClN3O4/c1-22-14(21)5-3-10-2-4-12(19-13(20)8-16)15(18-10)17-9-11-6-7-23-11/h2-5,11H,6-9H2,1H3,(H,17,18)(H,19,20)/b5-3+/t11-/m0/s1. The molecule has 2 N–H and O–H groups in total. The molecule has 1 aliphatic rings. The molecule has 1 saturated heterocycles. The molecule has 1 aromatic rings. The zero-order valence-electron chi connectivity index (χ0n) is 12.7. The molecule has 124 valence electrons. The number of methoxy groups -OCH3 is 1. The summed E-state index contributed by atoms with van der Waals surface area (Å²) < 4.78 is 9.88. The molecule has 7 nitrogen and oxygen atoms in total. The van der Waals surface area contributed by atoms with E-state index in [0.29, 0.717) is 23.7 Å². The summed E-state index contributed by atoms with van der Waals surface area (Å²) in [6, 6.07) is 3.37. The van der Waals surface area contributed by atoms with Crippen LogP contribution in [-0.4, -0.2) is 49.1 Å². The van der Waals surface area contributed by atoms with E-state index in [-0.39, 0.29) is 17.9 Å². The van der Waals surface area contributed by atoms with Crippen molar-refractivity contribution in [2.24, 2.45) is 0 Å². The van der Waals surface area contributed by atoms with E-state index in [1.54, 1.807) is 12.1 Å². The second-order valence-corrected chi connectivity index (χ2v) is 5.10. The number of alkyl halides is 1. The molecule has 0 bridgehead atoms. The van der Waals surface area contributed by atoms with Gasteiger partial charge in [0, 0.05) is 19.2 Å². The number of aromatic nitrogens is 1. The van der Waals surface area contributed by atoms with E-state index in [9.17, 15) is 9.59 Å². The van der Waals surface area contributed by atoms with E-state index >= 15 is 0 Å². The molecule has 2 heterocycles. The summed E-state index contributed by atoms with van der Waals surface area (Å²) in [7, 11) is 1.30. The molecule has 0 aliphatic carbocycles. The van der Waals surface area contributed by atoms with E-state index in [4.69, 9.17) is 16.3 Å². The van der Waals surface area contributed by atoms with Crippen LogP contribution in [0.1, 0.15) is 12.1 Å². The lowest BCUT2D eigenvalue weighted by Gasteiger charge is -2.27. The number of rotatable bonds is 7. The summed E-state index contributed by atoms with van der Waals surface area (Å²) in [4.78, 5) is 27.0. The van der Waals surface area contributed by atoms with Crippen molar-refractivity contribution in [3.8, 4) is 0 Å². The Kier molecular flexibility index (Phi) is 6.37. The molecule has 0 spiro atoms. The number of hydrogen-bond donors (Lipinski definition) is 2. The monoisotopic (exact) mass is 339 g/mol. The Morgan fingerprint density at radius 1 is 1.52 bits per heavy atom. The molecule has 1 amide bonds. The lowest BCUT2D eigenvalue weighted by atomic mass is 10.2. The van der Waals surface area contributed by atoms with Gasteiger partial charge in [-0.3, -0.25) is 4.79 Å². The van der Waals surface area contributed by atoms with Crippen molar-refractivity contribution in [1.29, 1.82) is 0 Å². The highest BCUT2D eigenvalue weighted by molar-refractivity contribution is 6.29. The van der Waals surface area contributed by atoms with Crippen molar-refractivity contribution >= 4 is 41.1 Å². The van der Waals surface area contributed by atoms with Gasteiger partial charge < -0.3 is 20.1 Å². The Labute approximate surface area is 139 Å². The lowest BCUT2D eigenvalue weighted by molar-refractivity contribution is -0.134. The third-order valence-electron chi connectivity index (χ3n) is 3.19. The van der Waals surface area contributed by atoms with Crippen LogP contribution in [0.25, 0.3) is 6.08 Å². The molecular formula is C15H18ClN3O4. The van der Waals surface area contributed by atoms with Crippen LogP contribution in [0.3, 0.4) is 0 Å². The summed E-state index contributed by atoms with van der Waals surface area (Å²) >= 11 is 5.51. The number of carbonyl (C=O) groups excluding carboxylic acids is 2. The van der Waals surface area contributed by atoms with Gasteiger partial charge in [-0.05, 0) is 24.6 Å². The van der Waals surface area contributed by atoms with Crippen LogP contribution in [0, 0.1) is 0 Å². The van der Waals surface area contributed by atoms with Crippen LogP contribution in [0.2, 0.25) is 0 Å². The molecule has 1 aromatic heterocycles. The second-order valence-electron chi connectivity index (χ2n) is 4.83. The van der Waals surface area contributed by atoms with Crippen LogP contribution in [-0.2, 0) is 19.1 Å². The Bertz CT molecular complexity index is 602. The molecule has 1 fully saturated rings. The van der Waals surface area contributed by atoms with Crippen LogP contribution < -0.4 is 10.6 Å². The first-order valence-corrected chi connectivity index (χ1v) is 7.64. The average molecular weight is 340 g/mol. The van der Waals surface area contributed by atoms with E-state index in [2.05, 4.69) is 20.4 Å². The largest absolute Gasteiger partial charge is 0.466 e. The number of carbonyl (C=O) groups is 2. The van der Waals surface area contributed by atoms with Crippen LogP contribution in [0.15, 0.2) is 18.2 Å². The van der Waals surface area contributed by atoms with Crippen LogP contribution >= 0.6 is 11.6 Å². The molecule has 1 aliphatic heterocycles. The van der Waals surface area contributed by atoms with E-state index in [1.807, 2.05) is 0 Å². The first-order valence-electron chi connectivity index (χ1n) is 7.10. The number of halogens is 1. The Morgan fingerprint density at radius 3 is 2.91 bits per heavy atom. The summed E-state index contributed by atoms with van der Waals surface area (Å²) in [6.45, 7) is 1.35. The van der Waals surface area contributed by atoms with Gasteiger partial charge in [0.1, 0.15) is 5.88 Å². The third-order valence-corrected chi connectivity index (χ3v) is 3.44. The highest BCUT2D eigenvalue weighted by Gasteiger charge is 2.18. The minimum absolute atomic E-state index is 0.141. The molecule has 23 heavy (non-hydrogen) atoms. The van der Waals surface area contributed by atoms with E-state index in [0.717, 1.165) is 13.0 Å². The predicted octanol–water partition coefficient (Wildman–Crippen LogP) is 1.65. The Balaban J connectivity index is 2.14. The fourth-order valence-corrected chi connectivity index (χ4v) is 1.93. The minimum Gasteiger partial charge on any atom is -0.466 e. The van der Waals surface area contributed by atoms with Gasteiger partial charge in [0.2, 0.25) is 5.91 Å². The molecular weight excluding hydrogens is 322 g/mol. The highest BCUT2D eigenvalue weighted by Crippen LogP contribution is 2.22. The lowest BCUT2D eigenvalue weighted by Crippen LogP contribution is -2.33. The zero-order chi connectivity index (χ0) is 16.7. The van der Waals surface area contributed by atoms with Crippen molar-refractivity contribution in [3.05, 3.63) is 23.9 Å². The molecule has 0 unspecified atom stereocenters.